The number of halogens is 1. The van der Waals surface area contributed by atoms with Gasteiger partial charge in [0, 0.05) is 18.5 Å². The van der Waals surface area contributed by atoms with Gasteiger partial charge in [-0.3, -0.25) is 9.20 Å². The van der Waals surface area contributed by atoms with E-state index in [1.54, 1.807) is 30.6 Å². The van der Waals surface area contributed by atoms with Crippen LogP contribution in [-0.2, 0) is 0 Å². The van der Waals surface area contributed by atoms with Crippen LogP contribution in [0.1, 0.15) is 0 Å². The molecule has 0 atom stereocenters. The monoisotopic (exact) mass is 182 g/mol. The molecule has 0 fully saturated rings. The van der Waals surface area contributed by atoms with Crippen molar-refractivity contribution in [1.82, 2.24) is 9.38 Å². The van der Waals surface area contributed by atoms with Gasteiger partial charge in [0.05, 0.1) is 0 Å². The highest BCUT2D eigenvalue weighted by molar-refractivity contribution is 5.85. The zero-order chi connectivity index (χ0) is 7.68. The van der Waals surface area contributed by atoms with Gasteiger partial charge >= 0.3 is 0 Å². The molecule has 0 radical (unpaired) electrons. The van der Waals surface area contributed by atoms with Gasteiger partial charge in [-0.25, -0.2) is 4.98 Å². The van der Waals surface area contributed by atoms with E-state index in [2.05, 4.69) is 4.98 Å². The van der Waals surface area contributed by atoms with E-state index in [9.17, 15) is 4.79 Å². The Morgan fingerprint density at radius 2 is 2.08 bits per heavy atom. The molecule has 0 aromatic carbocycles. The normalized spacial score (nSPS) is 9.33. The van der Waals surface area contributed by atoms with Gasteiger partial charge in [0.25, 0.3) is 5.56 Å². The molecule has 0 aliphatic rings. The third kappa shape index (κ3) is 1.31. The molecule has 2 aromatic heterocycles. The van der Waals surface area contributed by atoms with Crippen molar-refractivity contribution in [2.45, 2.75) is 0 Å². The van der Waals surface area contributed by atoms with Crippen molar-refractivity contribution in [3.05, 3.63) is 47.0 Å². The van der Waals surface area contributed by atoms with Crippen LogP contribution in [0.25, 0.3) is 5.65 Å². The molecule has 0 spiro atoms. The van der Waals surface area contributed by atoms with Crippen molar-refractivity contribution in [2.75, 3.05) is 0 Å². The molecule has 0 unspecified atom stereocenters. The number of nitrogens with zero attached hydrogens (tertiary/aromatic N) is 2. The van der Waals surface area contributed by atoms with Gasteiger partial charge in [-0.05, 0) is 18.2 Å². The quantitative estimate of drug-likeness (QED) is 0.612. The summed E-state index contributed by atoms with van der Waals surface area (Å²) in [4.78, 5) is 15.2. The fourth-order valence-corrected chi connectivity index (χ4v) is 0.988. The highest BCUT2D eigenvalue weighted by Gasteiger charge is 1.90. The molecule has 62 valence electrons. The van der Waals surface area contributed by atoms with Gasteiger partial charge in [-0.1, -0.05) is 0 Å². The first kappa shape index (κ1) is 8.74. The standard InChI is InChI=1S/C8H6N2O.ClH/c11-8-4-1-5-9-7-3-2-6-10(7)8;/h1-6H;1H. The van der Waals surface area contributed by atoms with Crippen LogP contribution in [0.2, 0.25) is 0 Å². The second kappa shape index (κ2) is 3.36. The Morgan fingerprint density at radius 1 is 1.25 bits per heavy atom. The summed E-state index contributed by atoms with van der Waals surface area (Å²) >= 11 is 0. The molecule has 0 aliphatic carbocycles. The lowest BCUT2D eigenvalue weighted by atomic mass is 10.6. The topological polar surface area (TPSA) is 34.4 Å². The molecular weight excluding hydrogens is 176 g/mol. The predicted octanol–water partition coefficient (Wildman–Crippen LogP) is 1.12. The van der Waals surface area contributed by atoms with Crippen molar-refractivity contribution < 1.29 is 0 Å². The largest absolute Gasteiger partial charge is 0.269 e. The lowest BCUT2D eigenvalue weighted by molar-refractivity contribution is 1.11. The van der Waals surface area contributed by atoms with E-state index in [4.69, 9.17) is 0 Å². The number of fused-ring (bicyclic) bond motifs is 1. The molecule has 0 amide bonds. The van der Waals surface area contributed by atoms with E-state index in [0.717, 1.165) is 0 Å². The molecule has 4 heteroatoms. The zero-order valence-corrected chi connectivity index (χ0v) is 6.99. The maximum Gasteiger partial charge on any atom is 0.256 e. The maximum absolute atomic E-state index is 11.2. The number of aromatic nitrogens is 2. The first-order valence-corrected chi connectivity index (χ1v) is 3.30. The van der Waals surface area contributed by atoms with Crippen LogP contribution in [0.3, 0.4) is 0 Å². The fraction of sp³-hybridized carbons (Fsp3) is 0. The Bertz CT molecular complexity index is 438. The third-order valence-corrected chi connectivity index (χ3v) is 1.50. The van der Waals surface area contributed by atoms with E-state index in [1.807, 2.05) is 0 Å². The Balaban J connectivity index is 0.000000720. The molecule has 0 saturated heterocycles. The lowest BCUT2D eigenvalue weighted by Gasteiger charge is -1.80. The first-order chi connectivity index (χ1) is 5.38. The highest BCUT2D eigenvalue weighted by Crippen LogP contribution is 1.92. The minimum Gasteiger partial charge on any atom is -0.269 e. The van der Waals surface area contributed by atoms with E-state index < -0.39 is 0 Å². The van der Waals surface area contributed by atoms with E-state index >= 15 is 0 Å². The van der Waals surface area contributed by atoms with Crippen LogP contribution in [0.15, 0.2) is 41.5 Å². The summed E-state index contributed by atoms with van der Waals surface area (Å²) in [6, 6.07) is 6.71. The van der Waals surface area contributed by atoms with Crippen LogP contribution >= 0.6 is 12.4 Å². The summed E-state index contributed by atoms with van der Waals surface area (Å²) in [6.07, 6.45) is 3.31. The van der Waals surface area contributed by atoms with Gasteiger partial charge in [0.1, 0.15) is 5.65 Å². The SMILES string of the molecule is Cl.O=c1cccnc2cccn12. The molecule has 0 saturated carbocycles. The van der Waals surface area contributed by atoms with Crippen molar-refractivity contribution >= 4 is 18.1 Å². The minimum absolute atomic E-state index is 0. The van der Waals surface area contributed by atoms with Crippen molar-refractivity contribution in [3.63, 3.8) is 0 Å². The average molecular weight is 183 g/mol. The Kier molecular flexibility index (Phi) is 2.45. The molecule has 2 heterocycles. The van der Waals surface area contributed by atoms with Crippen LogP contribution in [-0.4, -0.2) is 9.38 Å². The summed E-state index contributed by atoms with van der Waals surface area (Å²) in [5.74, 6) is 0. The molecular formula is C8H7ClN2O. The summed E-state index contributed by atoms with van der Waals surface area (Å²) in [7, 11) is 0. The van der Waals surface area contributed by atoms with Crippen LogP contribution in [0.4, 0.5) is 0 Å². The first-order valence-electron chi connectivity index (χ1n) is 3.30. The fourth-order valence-electron chi connectivity index (χ4n) is 0.988. The smallest absolute Gasteiger partial charge is 0.256 e. The highest BCUT2D eigenvalue weighted by atomic mass is 35.5. The number of hydrogen-bond acceptors (Lipinski definition) is 2. The van der Waals surface area contributed by atoms with Crippen molar-refractivity contribution in [1.29, 1.82) is 0 Å². The summed E-state index contributed by atoms with van der Waals surface area (Å²) in [6.45, 7) is 0. The van der Waals surface area contributed by atoms with Crippen LogP contribution < -0.4 is 5.56 Å². The van der Waals surface area contributed by atoms with E-state index in [0.29, 0.717) is 5.65 Å². The summed E-state index contributed by atoms with van der Waals surface area (Å²) in [5, 5.41) is 0. The molecule has 0 bridgehead atoms. The molecule has 2 rings (SSSR count). The van der Waals surface area contributed by atoms with Gasteiger partial charge in [-0.15, -0.1) is 12.4 Å². The summed E-state index contributed by atoms with van der Waals surface area (Å²) < 4.78 is 1.50. The van der Waals surface area contributed by atoms with Crippen LogP contribution in [0.5, 0.6) is 0 Å². The molecule has 2 aromatic rings. The number of rotatable bonds is 0. The van der Waals surface area contributed by atoms with Crippen LogP contribution in [0, 0.1) is 0 Å². The molecule has 0 aliphatic heterocycles. The third-order valence-electron chi connectivity index (χ3n) is 1.50. The lowest BCUT2D eigenvalue weighted by Crippen LogP contribution is -2.05. The second-order valence-electron chi connectivity index (χ2n) is 2.21. The van der Waals surface area contributed by atoms with Gasteiger partial charge in [0.15, 0.2) is 0 Å². The van der Waals surface area contributed by atoms with E-state index in [-0.39, 0.29) is 18.0 Å². The van der Waals surface area contributed by atoms with Crippen molar-refractivity contribution in [3.8, 4) is 0 Å². The van der Waals surface area contributed by atoms with E-state index in [1.165, 1.54) is 10.5 Å². The molecule has 0 N–H and O–H groups in total. The Morgan fingerprint density at radius 3 is 2.92 bits per heavy atom. The molecule has 3 nitrogen and oxygen atoms in total. The number of hydrogen-bond donors (Lipinski definition) is 0. The zero-order valence-electron chi connectivity index (χ0n) is 6.18. The predicted molar refractivity (Wildman–Crippen MR) is 48.7 cm³/mol. The van der Waals surface area contributed by atoms with Gasteiger partial charge < -0.3 is 0 Å². The molecule has 12 heavy (non-hydrogen) atoms. The van der Waals surface area contributed by atoms with Crippen molar-refractivity contribution in [2.24, 2.45) is 0 Å². The maximum atomic E-state index is 11.2. The Labute approximate surface area is 75.1 Å². The summed E-state index contributed by atoms with van der Waals surface area (Å²) in [5.41, 5.74) is 0.627. The average Bonchev–Trinajstić information content (AvgIpc) is 2.40. The minimum atomic E-state index is -0.0532. The Hall–Kier alpha value is -1.35. The second-order valence-corrected chi connectivity index (χ2v) is 2.21. The van der Waals surface area contributed by atoms with Gasteiger partial charge in [0.2, 0.25) is 0 Å². The van der Waals surface area contributed by atoms with Gasteiger partial charge in [-0.2, -0.15) is 0 Å².